The van der Waals surface area contributed by atoms with Crippen LogP contribution in [-0.4, -0.2) is 0 Å². The normalized spacial score (nSPS) is 27.2. The number of allylic oxidation sites excluding steroid dienone is 12. The third-order valence-electron chi connectivity index (χ3n) is 3.21. The van der Waals surface area contributed by atoms with Gasteiger partial charge in [-0.2, -0.15) is 0 Å². The number of hydrogen-bond donors (Lipinski definition) is 0. The molecule has 0 fully saturated rings. The first kappa shape index (κ1) is 8.72. The van der Waals surface area contributed by atoms with E-state index in [4.69, 9.17) is 0 Å². The highest BCUT2D eigenvalue weighted by atomic mass is 14.2. The van der Waals surface area contributed by atoms with Crippen molar-refractivity contribution in [1.29, 1.82) is 0 Å². The summed E-state index contributed by atoms with van der Waals surface area (Å²) in [5, 5.41) is 0. The van der Waals surface area contributed by atoms with Crippen LogP contribution in [0.2, 0.25) is 0 Å². The third kappa shape index (κ3) is 1.46. The van der Waals surface area contributed by atoms with Gasteiger partial charge in [-0.3, -0.25) is 0 Å². The zero-order valence-electron chi connectivity index (χ0n) is 8.69. The molecule has 74 valence electrons. The second-order valence-electron chi connectivity index (χ2n) is 4.15. The fraction of sp³-hybridized carbons (Fsp3) is 0.200. The fourth-order valence-corrected chi connectivity index (χ4v) is 2.46. The minimum absolute atomic E-state index is 0.491. The number of rotatable bonds is 0. The highest BCUT2D eigenvalue weighted by Crippen LogP contribution is 2.34. The van der Waals surface area contributed by atoms with Crippen LogP contribution in [0, 0.1) is 5.92 Å². The molecule has 0 aromatic heterocycles. The summed E-state index contributed by atoms with van der Waals surface area (Å²) in [5.74, 6) is 0.491. The maximum absolute atomic E-state index is 2.28. The predicted molar refractivity (Wildman–Crippen MR) is 64.4 cm³/mol. The van der Waals surface area contributed by atoms with Crippen molar-refractivity contribution in [3.05, 3.63) is 71.4 Å². The van der Waals surface area contributed by atoms with E-state index in [1.165, 1.54) is 29.6 Å². The predicted octanol–water partition coefficient (Wildman–Crippen LogP) is 3.87. The molecule has 0 saturated carbocycles. The van der Waals surface area contributed by atoms with E-state index in [-0.39, 0.29) is 0 Å². The molecule has 0 aromatic rings. The largest absolute Gasteiger partial charge is 0.0836 e. The molecular weight excluding hydrogens is 180 g/mol. The second-order valence-corrected chi connectivity index (χ2v) is 4.15. The van der Waals surface area contributed by atoms with Gasteiger partial charge in [-0.25, -0.2) is 0 Å². The Balaban J connectivity index is 2.17. The summed E-state index contributed by atoms with van der Waals surface area (Å²) in [7, 11) is 0. The molecular formula is C15H14. The fourth-order valence-electron chi connectivity index (χ4n) is 2.46. The lowest BCUT2D eigenvalue weighted by molar-refractivity contribution is 0.902. The summed E-state index contributed by atoms with van der Waals surface area (Å²) in [5.41, 5.74) is 4.42. The molecule has 1 atom stereocenters. The summed E-state index contributed by atoms with van der Waals surface area (Å²) < 4.78 is 0. The molecule has 3 rings (SSSR count). The first-order valence-corrected chi connectivity index (χ1v) is 5.58. The molecule has 0 radical (unpaired) electrons. The Morgan fingerprint density at radius 3 is 2.93 bits per heavy atom. The molecule has 0 bridgehead atoms. The lowest BCUT2D eigenvalue weighted by Gasteiger charge is -2.20. The van der Waals surface area contributed by atoms with Crippen LogP contribution in [0.3, 0.4) is 0 Å². The minimum Gasteiger partial charge on any atom is -0.0836 e. The van der Waals surface area contributed by atoms with Crippen molar-refractivity contribution in [2.24, 2.45) is 5.92 Å². The molecule has 3 aliphatic carbocycles. The van der Waals surface area contributed by atoms with Gasteiger partial charge >= 0.3 is 0 Å². The zero-order chi connectivity index (χ0) is 10.1. The lowest BCUT2D eigenvalue weighted by atomic mass is 9.85. The molecule has 0 aromatic carbocycles. The van der Waals surface area contributed by atoms with E-state index < -0.39 is 0 Å². The number of hydrogen-bond acceptors (Lipinski definition) is 0. The Bertz CT molecular complexity index is 450. The Morgan fingerprint density at radius 2 is 1.93 bits per heavy atom. The average molecular weight is 194 g/mol. The van der Waals surface area contributed by atoms with E-state index in [9.17, 15) is 0 Å². The summed E-state index contributed by atoms with van der Waals surface area (Å²) in [6, 6.07) is 0. The van der Waals surface area contributed by atoms with E-state index in [0.717, 1.165) is 0 Å². The summed E-state index contributed by atoms with van der Waals surface area (Å²) >= 11 is 0. The van der Waals surface area contributed by atoms with Gasteiger partial charge in [0, 0.05) is 5.92 Å². The highest BCUT2D eigenvalue weighted by Gasteiger charge is 2.18. The molecule has 0 saturated heterocycles. The smallest absolute Gasteiger partial charge is 0.0207 e. The Labute approximate surface area is 90.7 Å². The zero-order valence-corrected chi connectivity index (χ0v) is 8.69. The van der Waals surface area contributed by atoms with Crippen LogP contribution >= 0.6 is 0 Å². The van der Waals surface area contributed by atoms with Gasteiger partial charge in [0.2, 0.25) is 0 Å². The first-order chi connectivity index (χ1) is 7.45. The third-order valence-corrected chi connectivity index (χ3v) is 3.21. The molecule has 0 aliphatic heterocycles. The average Bonchev–Trinajstić information content (AvgIpc) is 2.48. The monoisotopic (exact) mass is 194 g/mol. The minimum atomic E-state index is 0.491. The van der Waals surface area contributed by atoms with Gasteiger partial charge in [0.05, 0.1) is 0 Å². The van der Waals surface area contributed by atoms with Gasteiger partial charge in [-0.05, 0) is 29.6 Å². The van der Waals surface area contributed by atoms with Crippen LogP contribution in [0.15, 0.2) is 71.4 Å². The topological polar surface area (TPSA) is 0 Å². The molecule has 0 amide bonds. The molecule has 0 spiro atoms. The van der Waals surface area contributed by atoms with Gasteiger partial charge in [-0.1, -0.05) is 54.7 Å². The van der Waals surface area contributed by atoms with Gasteiger partial charge in [0.1, 0.15) is 0 Å². The van der Waals surface area contributed by atoms with Crippen molar-refractivity contribution in [3.8, 4) is 0 Å². The van der Waals surface area contributed by atoms with Crippen molar-refractivity contribution in [3.63, 3.8) is 0 Å². The summed E-state index contributed by atoms with van der Waals surface area (Å²) in [6.45, 7) is 0. The van der Waals surface area contributed by atoms with Crippen LogP contribution in [0.5, 0.6) is 0 Å². The van der Waals surface area contributed by atoms with E-state index >= 15 is 0 Å². The molecule has 3 aliphatic rings. The van der Waals surface area contributed by atoms with E-state index in [1.807, 2.05) is 0 Å². The maximum Gasteiger partial charge on any atom is 0.0207 e. The van der Waals surface area contributed by atoms with E-state index in [2.05, 4.69) is 54.7 Å². The van der Waals surface area contributed by atoms with Crippen LogP contribution in [0.1, 0.15) is 12.8 Å². The van der Waals surface area contributed by atoms with Gasteiger partial charge in [0.25, 0.3) is 0 Å². The lowest BCUT2D eigenvalue weighted by Crippen LogP contribution is -2.04. The van der Waals surface area contributed by atoms with Crippen molar-refractivity contribution >= 4 is 0 Å². The first-order valence-electron chi connectivity index (χ1n) is 5.58. The van der Waals surface area contributed by atoms with Crippen molar-refractivity contribution in [2.45, 2.75) is 12.8 Å². The van der Waals surface area contributed by atoms with Crippen LogP contribution in [0.4, 0.5) is 0 Å². The Kier molecular flexibility index (Phi) is 2.06. The van der Waals surface area contributed by atoms with Crippen molar-refractivity contribution in [2.75, 3.05) is 0 Å². The van der Waals surface area contributed by atoms with Crippen LogP contribution < -0.4 is 0 Å². The molecule has 0 nitrogen and oxygen atoms in total. The molecule has 1 unspecified atom stereocenters. The van der Waals surface area contributed by atoms with Crippen molar-refractivity contribution < 1.29 is 0 Å². The van der Waals surface area contributed by atoms with E-state index in [0.29, 0.717) is 5.92 Å². The molecule has 0 N–H and O–H groups in total. The Morgan fingerprint density at radius 1 is 1.00 bits per heavy atom. The van der Waals surface area contributed by atoms with Crippen LogP contribution in [-0.2, 0) is 0 Å². The SMILES string of the molecule is C1=CC2=C3CCC=CC3=CC=CC2C=C1. The van der Waals surface area contributed by atoms with Crippen molar-refractivity contribution in [1.82, 2.24) is 0 Å². The number of fused-ring (bicyclic) bond motifs is 2. The summed E-state index contributed by atoms with van der Waals surface area (Å²) in [4.78, 5) is 0. The molecule has 15 heavy (non-hydrogen) atoms. The summed E-state index contributed by atoms with van der Waals surface area (Å²) in [6.07, 6.45) is 22.4. The molecule has 0 heterocycles. The quantitative estimate of drug-likeness (QED) is 0.549. The Hall–Kier alpha value is -1.56. The second kappa shape index (κ2) is 3.54. The van der Waals surface area contributed by atoms with E-state index in [1.54, 1.807) is 0 Å². The molecule has 0 heteroatoms. The van der Waals surface area contributed by atoms with Gasteiger partial charge < -0.3 is 0 Å². The maximum atomic E-state index is 2.28. The highest BCUT2D eigenvalue weighted by molar-refractivity contribution is 5.55. The van der Waals surface area contributed by atoms with Crippen LogP contribution in [0.25, 0.3) is 0 Å². The van der Waals surface area contributed by atoms with Gasteiger partial charge in [-0.15, -0.1) is 0 Å². The van der Waals surface area contributed by atoms with Gasteiger partial charge in [0.15, 0.2) is 0 Å². The standard InChI is InChI=1S/C15H14/c1-3-10-14-12(6-1)8-5-9-13-7-2-4-11-15(13)14/h1-3,5-10,12H,4,11H2.